The van der Waals surface area contributed by atoms with Gasteiger partial charge in [0, 0.05) is 19.0 Å². The highest BCUT2D eigenvalue weighted by Gasteiger charge is 2.06. The van der Waals surface area contributed by atoms with Crippen molar-refractivity contribution in [1.29, 1.82) is 0 Å². The van der Waals surface area contributed by atoms with E-state index in [0.717, 1.165) is 12.8 Å². The molecule has 3 N–H and O–H groups in total. The van der Waals surface area contributed by atoms with E-state index in [2.05, 4.69) is 12.2 Å². The fourth-order valence-electron chi connectivity index (χ4n) is 1.16. The summed E-state index contributed by atoms with van der Waals surface area (Å²) >= 11 is 0. The van der Waals surface area contributed by atoms with Gasteiger partial charge in [-0.2, -0.15) is 0 Å². The summed E-state index contributed by atoms with van der Waals surface area (Å²) in [6.45, 7) is 6.77. The molecule has 0 fully saturated rings. The number of carbonyl (C=O) groups excluding carboxylic acids is 1. The largest absolute Gasteiger partial charge is 0.355 e. The molecule has 0 aliphatic carbocycles. The molecule has 0 aliphatic heterocycles. The maximum absolute atomic E-state index is 11.2. The zero-order chi connectivity index (χ0) is 10.3. The molecule has 0 aromatic heterocycles. The number of amides is 1. The highest BCUT2D eigenvalue weighted by Crippen LogP contribution is 1.98. The second kappa shape index (κ2) is 6.89. The maximum Gasteiger partial charge on any atom is 0.220 e. The highest BCUT2D eigenvalue weighted by molar-refractivity contribution is 5.76. The summed E-state index contributed by atoms with van der Waals surface area (Å²) in [6.07, 6.45) is 2.64. The third-order valence-electron chi connectivity index (χ3n) is 1.81. The Morgan fingerprint density at radius 2 is 2.08 bits per heavy atom. The lowest BCUT2D eigenvalue weighted by Crippen LogP contribution is -2.37. The van der Waals surface area contributed by atoms with Crippen molar-refractivity contribution in [3.63, 3.8) is 0 Å². The van der Waals surface area contributed by atoms with E-state index in [1.54, 1.807) is 0 Å². The van der Waals surface area contributed by atoms with E-state index in [9.17, 15) is 4.79 Å². The molecular formula is C10H22N2O. The van der Waals surface area contributed by atoms with E-state index in [4.69, 9.17) is 5.73 Å². The zero-order valence-corrected chi connectivity index (χ0v) is 8.97. The van der Waals surface area contributed by atoms with Crippen molar-refractivity contribution in [2.45, 2.75) is 46.1 Å². The first-order chi connectivity index (χ1) is 6.06. The summed E-state index contributed by atoms with van der Waals surface area (Å²) in [5, 5.41) is 2.83. The standard InChI is InChI=1S/C10H22N2O/c1-4-5-9(11)7-12-10(13)6-8(2)3/h8-9H,4-7,11H2,1-3H3,(H,12,13). The average molecular weight is 186 g/mol. The second-order valence-corrected chi connectivity index (χ2v) is 3.95. The number of hydrogen-bond acceptors (Lipinski definition) is 2. The number of rotatable bonds is 6. The Balaban J connectivity index is 3.46. The fourth-order valence-corrected chi connectivity index (χ4v) is 1.16. The van der Waals surface area contributed by atoms with Crippen molar-refractivity contribution in [3.8, 4) is 0 Å². The fraction of sp³-hybridized carbons (Fsp3) is 0.900. The third kappa shape index (κ3) is 7.78. The Morgan fingerprint density at radius 1 is 1.46 bits per heavy atom. The highest BCUT2D eigenvalue weighted by atomic mass is 16.1. The van der Waals surface area contributed by atoms with E-state index in [-0.39, 0.29) is 11.9 Å². The minimum atomic E-state index is 0.112. The van der Waals surface area contributed by atoms with Gasteiger partial charge < -0.3 is 11.1 Å². The molecule has 0 rings (SSSR count). The van der Waals surface area contributed by atoms with Crippen LogP contribution in [0.25, 0.3) is 0 Å². The van der Waals surface area contributed by atoms with Crippen molar-refractivity contribution in [3.05, 3.63) is 0 Å². The molecule has 1 unspecified atom stereocenters. The van der Waals surface area contributed by atoms with Crippen LogP contribution in [0.1, 0.15) is 40.0 Å². The predicted octanol–water partition coefficient (Wildman–Crippen LogP) is 1.28. The van der Waals surface area contributed by atoms with Crippen LogP contribution in [0.15, 0.2) is 0 Å². The predicted molar refractivity (Wildman–Crippen MR) is 55.3 cm³/mol. The lowest BCUT2D eigenvalue weighted by atomic mass is 10.1. The molecule has 3 nitrogen and oxygen atoms in total. The molecule has 0 aromatic rings. The van der Waals surface area contributed by atoms with Crippen LogP contribution in [-0.2, 0) is 4.79 Å². The van der Waals surface area contributed by atoms with E-state index < -0.39 is 0 Å². The lowest BCUT2D eigenvalue weighted by molar-refractivity contribution is -0.121. The summed E-state index contributed by atoms with van der Waals surface area (Å²) in [5.74, 6) is 0.531. The molecule has 0 aromatic carbocycles. The van der Waals surface area contributed by atoms with Gasteiger partial charge in [0.15, 0.2) is 0 Å². The van der Waals surface area contributed by atoms with Crippen LogP contribution in [0, 0.1) is 5.92 Å². The first-order valence-electron chi connectivity index (χ1n) is 5.08. The van der Waals surface area contributed by atoms with Gasteiger partial charge >= 0.3 is 0 Å². The third-order valence-corrected chi connectivity index (χ3v) is 1.81. The van der Waals surface area contributed by atoms with E-state index in [1.165, 1.54) is 0 Å². The summed E-state index contributed by atoms with van der Waals surface area (Å²) in [4.78, 5) is 11.2. The van der Waals surface area contributed by atoms with Crippen molar-refractivity contribution < 1.29 is 4.79 Å². The van der Waals surface area contributed by atoms with Crippen molar-refractivity contribution >= 4 is 5.91 Å². The van der Waals surface area contributed by atoms with Crippen LogP contribution < -0.4 is 11.1 Å². The molecule has 78 valence electrons. The Bertz CT molecular complexity index is 146. The van der Waals surface area contributed by atoms with Crippen molar-refractivity contribution in [1.82, 2.24) is 5.32 Å². The minimum Gasteiger partial charge on any atom is -0.355 e. The minimum absolute atomic E-state index is 0.112. The normalized spacial score (nSPS) is 13.0. The molecule has 0 radical (unpaired) electrons. The summed E-state index contributed by atoms with van der Waals surface area (Å²) in [5.41, 5.74) is 5.75. The van der Waals surface area contributed by atoms with Crippen LogP contribution in [0.5, 0.6) is 0 Å². The molecular weight excluding hydrogens is 164 g/mol. The summed E-state index contributed by atoms with van der Waals surface area (Å²) < 4.78 is 0. The van der Waals surface area contributed by atoms with Crippen LogP contribution in [0.4, 0.5) is 0 Å². The van der Waals surface area contributed by atoms with E-state index in [1.807, 2.05) is 13.8 Å². The number of carbonyl (C=O) groups is 1. The average Bonchev–Trinajstić information content (AvgIpc) is 2.00. The molecule has 13 heavy (non-hydrogen) atoms. The topological polar surface area (TPSA) is 55.1 Å². The van der Waals surface area contributed by atoms with Gasteiger partial charge in [-0.3, -0.25) is 4.79 Å². The van der Waals surface area contributed by atoms with Gasteiger partial charge in [0.1, 0.15) is 0 Å². The molecule has 1 atom stereocenters. The van der Waals surface area contributed by atoms with Gasteiger partial charge in [0.25, 0.3) is 0 Å². The monoisotopic (exact) mass is 186 g/mol. The Hall–Kier alpha value is -0.570. The number of hydrogen-bond donors (Lipinski definition) is 2. The summed E-state index contributed by atoms with van der Waals surface area (Å²) in [7, 11) is 0. The molecule has 1 amide bonds. The van der Waals surface area contributed by atoms with Crippen LogP contribution in [0.2, 0.25) is 0 Å². The van der Waals surface area contributed by atoms with Gasteiger partial charge in [-0.1, -0.05) is 27.2 Å². The van der Waals surface area contributed by atoms with Gasteiger partial charge in [0.05, 0.1) is 0 Å². The molecule has 0 aliphatic rings. The second-order valence-electron chi connectivity index (χ2n) is 3.95. The number of nitrogens with one attached hydrogen (secondary N) is 1. The van der Waals surface area contributed by atoms with E-state index in [0.29, 0.717) is 18.9 Å². The zero-order valence-electron chi connectivity index (χ0n) is 8.97. The first-order valence-corrected chi connectivity index (χ1v) is 5.08. The molecule has 3 heteroatoms. The van der Waals surface area contributed by atoms with Crippen molar-refractivity contribution in [2.75, 3.05) is 6.54 Å². The van der Waals surface area contributed by atoms with Gasteiger partial charge in [-0.05, 0) is 12.3 Å². The Kier molecular flexibility index (Phi) is 6.59. The Labute approximate surface area is 81.1 Å². The van der Waals surface area contributed by atoms with Crippen LogP contribution >= 0.6 is 0 Å². The number of nitrogens with two attached hydrogens (primary N) is 1. The first kappa shape index (κ1) is 12.4. The maximum atomic E-state index is 11.2. The molecule has 0 bridgehead atoms. The molecule has 0 saturated carbocycles. The van der Waals surface area contributed by atoms with Crippen LogP contribution in [0.3, 0.4) is 0 Å². The van der Waals surface area contributed by atoms with Gasteiger partial charge in [0.2, 0.25) is 5.91 Å². The lowest BCUT2D eigenvalue weighted by Gasteiger charge is -2.12. The molecule has 0 saturated heterocycles. The van der Waals surface area contributed by atoms with Crippen LogP contribution in [-0.4, -0.2) is 18.5 Å². The smallest absolute Gasteiger partial charge is 0.220 e. The molecule has 0 heterocycles. The van der Waals surface area contributed by atoms with Gasteiger partial charge in [-0.25, -0.2) is 0 Å². The summed E-state index contributed by atoms with van der Waals surface area (Å²) in [6, 6.07) is 0.112. The van der Waals surface area contributed by atoms with E-state index >= 15 is 0 Å². The van der Waals surface area contributed by atoms with Crippen molar-refractivity contribution in [2.24, 2.45) is 11.7 Å². The van der Waals surface area contributed by atoms with Gasteiger partial charge in [-0.15, -0.1) is 0 Å². The SMILES string of the molecule is CCCC(N)CNC(=O)CC(C)C. The Morgan fingerprint density at radius 3 is 2.54 bits per heavy atom. The molecule has 0 spiro atoms. The quantitative estimate of drug-likeness (QED) is 0.656.